The van der Waals surface area contributed by atoms with Crippen molar-refractivity contribution < 1.29 is 24.5 Å². The summed E-state index contributed by atoms with van der Waals surface area (Å²) in [7, 11) is 0. The van der Waals surface area contributed by atoms with Crippen LogP contribution in [-0.2, 0) is 17.6 Å². The largest absolute Gasteiger partial charge is 0.481 e. The van der Waals surface area contributed by atoms with E-state index in [9.17, 15) is 15.0 Å². The Morgan fingerprint density at radius 3 is 2.85 bits per heavy atom. The predicted octanol–water partition coefficient (Wildman–Crippen LogP) is 3.82. The van der Waals surface area contributed by atoms with E-state index in [-0.39, 0.29) is 18.3 Å². The highest BCUT2D eigenvalue weighted by Gasteiger charge is 2.33. The Kier molecular flexibility index (Phi) is 7.91. The summed E-state index contributed by atoms with van der Waals surface area (Å²) >= 11 is 0. The number of hydrogen-bond donors (Lipinski definition) is 3. The number of aryl methyl sites for hydroxylation is 1. The van der Waals surface area contributed by atoms with Gasteiger partial charge < -0.3 is 19.7 Å². The molecule has 1 aromatic heterocycles. The van der Waals surface area contributed by atoms with E-state index in [1.807, 2.05) is 25.1 Å². The minimum atomic E-state index is -0.771. The third-order valence-electron chi connectivity index (χ3n) is 5.24. The van der Waals surface area contributed by atoms with Crippen LogP contribution in [0.15, 0.2) is 22.6 Å². The SMILES string of the molecule is CCCCC(C)[C@H](O)C=C[C@@H]1c2cc(CCCCC(=O)O)oc2C[C@H]1O. The quantitative estimate of drug-likeness (QED) is 0.410. The van der Waals surface area contributed by atoms with E-state index in [1.165, 1.54) is 0 Å². The molecule has 0 spiro atoms. The maximum atomic E-state index is 10.6. The van der Waals surface area contributed by atoms with Crippen LogP contribution in [0.2, 0.25) is 0 Å². The summed E-state index contributed by atoms with van der Waals surface area (Å²) < 4.78 is 5.84. The lowest BCUT2D eigenvalue weighted by atomic mass is 9.94. The van der Waals surface area contributed by atoms with E-state index < -0.39 is 18.2 Å². The van der Waals surface area contributed by atoms with Gasteiger partial charge in [-0.15, -0.1) is 0 Å². The summed E-state index contributed by atoms with van der Waals surface area (Å²) in [5, 5.41) is 29.3. The summed E-state index contributed by atoms with van der Waals surface area (Å²) in [6.07, 6.45) is 8.71. The number of rotatable bonds is 11. The maximum absolute atomic E-state index is 10.6. The van der Waals surface area contributed by atoms with E-state index in [4.69, 9.17) is 9.52 Å². The molecule has 4 atom stereocenters. The van der Waals surface area contributed by atoms with E-state index in [2.05, 4.69) is 6.92 Å². The van der Waals surface area contributed by atoms with Crippen LogP contribution >= 0.6 is 0 Å². The lowest BCUT2D eigenvalue weighted by molar-refractivity contribution is -0.137. The molecule has 0 fully saturated rings. The van der Waals surface area contributed by atoms with E-state index in [0.29, 0.717) is 19.3 Å². The van der Waals surface area contributed by atoms with Crippen molar-refractivity contribution in [2.24, 2.45) is 5.92 Å². The average molecular weight is 364 g/mol. The summed E-state index contributed by atoms with van der Waals surface area (Å²) in [5.74, 6) is 0.955. The Bertz CT molecular complexity index is 604. The molecule has 1 aromatic rings. The third kappa shape index (κ3) is 5.71. The van der Waals surface area contributed by atoms with Crippen LogP contribution in [0.1, 0.15) is 75.4 Å². The van der Waals surface area contributed by atoms with Gasteiger partial charge in [-0.25, -0.2) is 0 Å². The summed E-state index contributed by atoms with van der Waals surface area (Å²) in [6.45, 7) is 4.19. The molecule has 3 N–H and O–H groups in total. The van der Waals surface area contributed by atoms with Crippen molar-refractivity contribution in [3.8, 4) is 0 Å². The monoisotopic (exact) mass is 364 g/mol. The van der Waals surface area contributed by atoms with Gasteiger partial charge in [0.15, 0.2) is 0 Å². The molecule has 0 saturated carbocycles. The number of aliphatic hydroxyl groups excluding tert-OH is 2. The first kappa shape index (κ1) is 20.7. The highest BCUT2D eigenvalue weighted by molar-refractivity contribution is 5.66. The normalized spacial score (nSPS) is 21.8. The molecule has 26 heavy (non-hydrogen) atoms. The van der Waals surface area contributed by atoms with Crippen molar-refractivity contribution in [2.75, 3.05) is 0 Å². The van der Waals surface area contributed by atoms with Crippen LogP contribution in [-0.4, -0.2) is 33.5 Å². The van der Waals surface area contributed by atoms with Crippen LogP contribution in [0, 0.1) is 5.92 Å². The van der Waals surface area contributed by atoms with Gasteiger partial charge in [0, 0.05) is 30.7 Å². The lowest BCUT2D eigenvalue weighted by Crippen LogP contribution is -2.16. The Labute approximate surface area is 155 Å². The lowest BCUT2D eigenvalue weighted by Gasteiger charge is -2.16. The zero-order chi connectivity index (χ0) is 19.1. The fraction of sp³-hybridized carbons (Fsp3) is 0.667. The number of hydrogen-bond acceptors (Lipinski definition) is 4. The Morgan fingerprint density at radius 1 is 1.38 bits per heavy atom. The van der Waals surface area contributed by atoms with Gasteiger partial charge >= 0.3 is 5.97 Å². The summed E-state index contributed by atoms with van der Waals surface area (Å²) in [5.41, 5.74) is 0.996. The molecule has 1 unspecified atom stereocenters. The molecule has 146 valence electrons. The molecule has 0 amide bonds. The van der Waals surface area contributed by atoms with Crippen LogP contribution in [0.5, 0.6) is 0 Å². The molecule has 0 saturated heterocycles. The smallest absolute Gasteiger partial charge is 0.303 e. The van der Waals surface area contributed by atoms with Crippen molar-refractivity contribution in [1.82, 2.24) is 0 Å². The number of carbonyl (C=O) groups is 1. The van der Waals surface area contributed by atoms with Crippen molar-refractivity contribution in [3.05, 3.63) is 35.3 Å². The van der Waals surface area contributed by atoms with Gasteiger partial charge in [-0.3, -0.25) is 4.79 Å². The van der Waals surface area contributed by atoms with Crippen molar-refractivity contribution >= 4 is 5.97 Å². The first-order valence-corrected chi connectivity index (χ1v) is 9.80. The first-order valence-electron chi connectivity index (χ1n) is 9.80. The van der Waals surface area contributed by atoms with Gasteiger partial charge in [-0.05, 0) is 31.2 Å². The summed E-state index contributed by atoms with van der Waals surface area (Å²) in [6, 6.07) is 1.98. The molecule has 1 aliphatic rings. The molecular weight excluding hydrogens is 332 g/mol. The highest BCUT2D eigenvalue weighted by Crippen LogP contribution is 2.37. The van der Waals surface area contributed by atoms with Crippen LogP contribution in [0.4, 0.5) is 0 Å². The average Bonchev–Trinajstić information content (AvgIpc) is 3.10. The van der Waals surface area contributed by atoms with Gasteiger partial charge in [0.05, 0.1) is 12.2 Å². The van der Waals surface area contributed by atoms with Crippen LogP contribution in [0.3, 0.4) is 0 Å². The Morgan fingerprint density at radius 2 is 2.15 bits per heavy atom. The molecule has 2 rings (SSSR count). The zero-order valence-corrected chi connectivity index (χ0v) is 15.9. The van der Waals surface area contributed by atoms with Gasteiger partial charge in [0.2, 0.25) is 0 Å². The fourth-order valence-electron chi connectivity index (χ4n) is 3.52. The van der Waals surface area contributed by atoms with Crippen molar-refractivity contribution in [3.63, 3.8) is 0 Å². The Hall–Kier alpha value is -1.59. The second-order valence-electron chi connectivity index (χ2n) is 7.48. The fourth-order valence-corrected chi connectivity index (χ4v) is 3.52. The predicted molar refractivity (Wildman–Crippen MR) is 100 cm³/mol. The van der Waals surface area contributed by atoms with Crippen LogP contribution in [0.25, 0.3) is 0 Å². The second kappa shape index (κ2) is 9.93. The summed E-state index contributed by atoms with van der Waals surface area (Å²) in [4.78, 5) is 10.6. The molecular formula is C21H32O5. The number of aliphatic carboxylic acids is 1. The minimum Gasteiger partial charge on any atom is -0.481 e. The highest BCUT2D eigenvalue weighted by atomic mass is 16.4. The van der Waals surface area contributed by atoms with Gasteiger partial charge in [-0.1, -0.05) is 38.8 Å². The number of carboxylic acids is 1. The first-order chi connectivity index (χ1) is 12.4. The molecule has 5 nitrogen and oxygen atoms in total. The molecule has 0 aliphatic heterocycles. The van der Waals surface area contributed by atoms with Crippen molar-refractivity contribution in [2.45, 2.75) is 83.3 Å². The molecule has 5 heteroatoms. The maximum Gasteiger partial charge on any atom is 0.303 e. The zero-order valence-electron chi connectivity index (χ0n) is 15.9. The second-order valence-corrected chi connectivity index (χ2v) is 7.48. The van der Waals surface area contributed by atoms with Gasteiger partial charge in [0.1, 0.15) is 11.5 Å². The van der Waals surface area contributed by atoms with E-state index >= 15 is 0 Å². The standard InChI is InChI=1S/C21H32O5/c1-3-4-7-14(2)18(22)11-10-16-17-12-15(8-5-6-9-21(24)25)26-20(17)13-19(16)23/h10-12,14,16,18-19,22-23H,3-9,13H2,1-2H3,(H,24,25)/t14?,16-,18-,19-/m1/s1. The number of carboxylic acid groups (broad SMARTS) is 1. The third-order valence-corrected chi connectivity index (χ3v) is 5.24. The number of fused-ring (bicyclic) bond motifs is 1. The number of aliphatic hydroxyl groups is 2. The van der Waals surface area contributed by atoms with Gasteiger partial charge in [-0.2, -0.15) is 0 Å². The van der Waals surface area contributed by atoms with Crippen LogP contribution < -0.4 is 0 Å². The molecule has 0 radical (unpaired) electrons. The number of unbranched alkanes of at least 4 members (excludes halogenated alkanes) is 2. The molecule has 0 bridgehead atoms. The van der Waals surface area contributed by atoms with E-state index in [0.717, 1.165) is 42.8 Å². The molecule has 0 aromatic carbocycles. The minimum absolute atomic E-state index is 0.144. The molecule has 1 aliphatic carbocycles. The number of furan rings is 1. The molecule has 1 heterocycles. The van der Waals surface area contributed by atoms with Crippen molar-refractivity contribution in [1.29, 1.82) is 0 Å². The van der Waals surface area contributed by atoms with Gasteiger partial charge in [0.25, 0.3) is 0 Å². The van der Waals surface area contributed by atoms with E-state index in [1.54, 1.807) is 0 Å². The topological polar surface area (TPSA) is 90.9 Å². The Balaban J connectivity index is 1.93.